The number of rotatable bonds is 9. The quantitative estimate of drug-likeness (QED) is 0.517. The Hall–Kier alpha value is -1.37. The molecule has 0 saturated heterocycles. The van der Waals surface area contributed by atoms with E-state index in [9.17, 15) is 20.1 Å². The smallest absolute Gasteiger partial charge is 0.355 e. The molecular weight excluding hydrogens is 298 g/mol. The van der Waals surface area contributed by atoms with Crippen LogP contribution in [0.5, 0.6) is 0 Å². The van der Waals surface area contributed by atoms with Crippen LogP contribution >= 0.6 is 0 Å². The Morgan fingerprint density at radius 1 is 1.26 bits per heavy atom. The number of nitrogens with one attached hydrogen (secondary N) is 1. The van der Waals surface area contributed by atoms with Crippen molar-refractivity contribution >= 4 is 5.97 Å². The highest BCUT2D eigenvalue weighted by Crippen LogP contribution is 2.25. The van der Waals surface area contributed by atoms with E-state index >= 15 is 0 Å². The Bertz CT molecular complexity index is 460. The third kappa shape index (κ3) is 5.64. The van der Waals surface area contributed by atoms with Gasteiger partial charge in [0.2, 0.25) is 0 Å². The molecule has 0 radical (unpaired) electrons. The third-order valence-electron chi connectivity index (χ3n) is 4.33. The van der Waals surface area contributed by atoms with Crippen LogP contribution in [0.3, 0.4) is 0 Å². The second-order valence-corrected chi connectivity index (χ2v) is 6.34. The maximum Gasteiger partial charge on any atom is 0.355 e. The lowest BCUT2D eigenvalue weighted by atomic mass is 9.85. The van der Waals surface area contributed by atoms with E-state index in [0.717, 1.165) is 6.42 Å². The number of carbonyl (C=O) groups is 1. The summed E-state index contributed by atoms with van der Waals surface area (Å²) in [5.74, 6) is -1.16. The lowest BCUT2D eigenvalue weighted by Crippen LogP contribution is -2.45. The van der Waals surface area contributed by atoms with E-state index < -0.39 is 36.3 Å². The molecule has 6 heteroatoms. The standard InChI is InChI=1S/C17H29NO5/c1-5-10(2)15(21)16(12(4)14(20)9-11(3)19)23-17(22)13-7-6-8-18-13/h6-8,10-12,14-16,18-21H,5,9H2,1-4H3/t10-,11?,12-,14+,15?,16-/m1/s1. The zero-order valence-electron chi connectivity index (χ0n) is 14.3. The molecule has 0 saturated carbocycles. The molecule has 6 nitrogen and oxygen atoms in total. The fourth-order valence-corrected chi connectivity index (χ4v) is 2.48. The highest BCUT2D eigenvalue weighted by Gasteiger charge is 2.36. The SMILES string of the molecule is CC[C@@H](C)C(O)[C@H](OC(=O)c1ccc[nH]1)[C@H](C)[C@@H](O)CC(C)O. The number of hydrogen-bond acceptors (Lipinski definition) is 5. The number of aromatic nitrogens is 1. The van der Waals surface area contributed by atoms with Gasteiger partial charge in [-0.25, -0.2) is 4.79 Å². The molecule has 1 rings (SSSR count). The summed E-state index contributed by atoms with van der Waals surface area (Å²) in [7, 11) is 0. The molecular formula is C17H29NO5. The number of aromatic amines is 1. The number of carbonyl (C=O) groups excluding carboxylic acids is 1. The van der Waals surface area contributed by atoms with E-state index in [2.05, 4.69) is 4.98 Å². The Labute approximate surface area is 137 Å². The van der Waals surface area contributed by atoms with Gasteiger partial charge in [0.15, 0.2) is 0 Å². The molecule has 0 aliphatic heterocycles. The van der Waals surface area contributed by atoms with Gasteiger partial charge < -0.3 is 25.0 Å². The third-order valence-corrected chi connectivity index (χ3v) is 4.33. The van der Waals surface area contributed by atoms with Crippen LogP contribution < -0.4 is 0 Å². The summed E-state index contributed by atoms with van der Waals surface area (Å²) in [6.45, 7) is 7.11. The average Bonchev–Trinajstić information content (AvgIpc) is 3.03. The fourth-order valence-electron chi connectivity index (χ4n) is 2.48. The fraction of sp³-hybridized carbons (Fsp3) is 0.706. The Kier molecular flexibility index (Phi) is 7.75. The Morgan fingerprint density at radius 3 is 2.39 bits per heavy atom. The second kappa shape index (κ2) is 9.05. The van der Waals surface area contributed by atoms with Gasteiger partial charge >= 0.3 is 5.97 Å². The summed E-state index contributed by atoms with van der Waals surface area (Å²) >= 11 is 0. The maximum atomic E-state index is 12.2. The van der Waals surface area contributed by atoms with Crippen LogP contribution in [0.15, 0.2) is 18.3 Å². The van der Waals surface area contributed by atoms with Crippen molar-refractivity contribution in [1.82, 2.24) is 4.98 Å². The van der Waals surface area contributed by atoms with Crippen molar-refractivity contribution in [3.8, 4) is 0 Å². The van der Waals surface area contributed by atoms with Crippen LogP contribution in [0.25, 0.3) is 0 Å². The van der Waals surface area contributed by atoms with Gasteiger partial charge in [0.1, 0.15) is 11.8 Å². The number of ether oxygens (including phenoxy) is 1. The minimum atomic E-state index is -0.891. The number of hydrogen-bond donors (Lipinski definition) is 4. The van der Waals surface area contributed by atoms with Crippen molar-refractivity contribution in [2.24, 2.45) is 11.8 Å². The van der Waals surface area contributed by atoms with Gasteiger partial charge in [0.05, 0.1) is 18.3 Å². The van der Waals surface area contributed by atoms with Crippen LogP contribution in [0, 0.1) is 11.8 Å². The molecule has 4 N–H and O–H groups in total. The first-order valence-corrected chi connectivity index (χ1v) is 8.16. The molecule has 0 aliphatic carbocycles. The monoisotopic (exact) mass is 327 g/mol. The van der Waals surface area contributed by atoms with Crippen molar-refractivity contribution in [3.05, 3.63) is 24.0 Å². The minimum absolute atomic E-state index is 0.0855. The lowest BCUT2D eigenvalue weighted by molar-refractivity contribution is -0.0886. The van der Waals surface area contributed by atoms with Crippen molar-refractivity contribution < 1.29 is 24.9 Å². The van der Waals surface area contributed by atoms with Crippen LogP contribution in [0.4, 0.5) is 0 Å². The van der Waals surface area contributed by atoms with E-state index in [0.29, 0.717) is 5.69 Å². The summed E-state index contributed by atoms with van der Waals surface area (Å²) in [5, 5.41) is 30.2. The molecule has 23 heavy (non-hydrogen) atoms. The lowest BCUT2D eigenvalue weighted by Gasteiger charge is -2.34. The molecule has 1 heterocycles. The normalized spacial score (nSPS) is 19.4. The predicted molar refractivity (Wildman–Crippen MR) is 86.9 cm³/mol. The first-order chi connectivity index (χ1) is 10.8. The molecule has 0 aliphatic rings. The number of aliphatic hydroxyl groups is 3. The van der Waals surface area contributed by atoms with Crippen LogP contribution in [-0.2, 0) is 4.74 Å². The summed E-state index contributed by atoms with van der Waals surface area (Å²) in [5.41, 5.74) is 0.295. The minimum Gasteiger partial charge on any atom is -0.455 e. The predicted octanol–water partition coefficient (Wildman–Crippen LogP) is 1.71. The van der Waals surface area contributed by atoms with Gasteiger partial charge in [0.25, 0.3) is 0 Å². The van der Waals surface area contributed by atoms with E-state index in [4.69, 9.17) is 4.74 Å². The van der Waals surface area contributed by atoms with Gasteiger partial charge in [-0.05, 0) is 31.4 Å². The van der Waals surface area contributed by atoms with E-state index in [1.165, 1.54) is 0 Å². The topological polar surface area (TPSA) is 103 Å². The number of aliphatic hydroxyl groups excluding tert-OH is 3. The van der Waals surface area contributed by atoms with Crippen LogP contribution in [-0.4, -0.2) is 50.7 Å². The van der Waals surface area contributed by atoms with Crippen LogP contribution in [0.2, 0.25) is 0 Å². The molecule has 1 aromatic rings. The van der Waals surface area contributed by atoms with E-state index in [1.54, 1.807) is 32.2 Å². The van der Waals surface area contributed by atoms with Gasteiger partial charge in [-0.2, -0.15) is 0 Å². The first kappa shape index (κ1) is 19.7. The van der Waals surface area contributed by atoms with E-state index in [-0.39, 0.29) is 12.3 Å². The average molecular weight is 327 g/mol. The molecule has 0 fully saturated rings. The highest BCUT2D eigenvalue weighted by molar-refractivity contribution is 5.87. The molecule has 6 atom stereocenters. The maximum absolute atomic E-state index is 12.2. The molecule has 132 valence electrons. The number of esters is 1. The van der Waals surface area contributed by atoms with Crippen molar-refractivity contribution in [2.75, 3.05) is 0 Å². The van der Waals surface area contributed by atoms with Gasteiger partial charge in [0, 0.05) is 12.1 Å². The zero-order chi connectivity index (χ0) is 17.6. The molecule has 2 unspecified atom stereocenters. The van der Waals surface area contributed by atoms with E-state index in [1.807, 2.05) is 13.8 Å². The van der Waals surface area contributed by atoms with Crippen LogP contribution in [0.1, 0.15) is 51.0 Å². The first-order valence-electron chi connectivity index (χ1n) is 8.16. The van der Waals surface area contributed by atoms with Crippen molar-refractivity contribution in [3.63, 3.8) is 0 Å². The van der Waals surface area contributed by atoms with Crippen molar-refractivity contribution in [2.45, 2.75) is 65.0 Å². The van der Waals surface area contributed by atoms with Gasteiger partial charge in [-0.3, -0.25) is 0 Å². The largest absolute Gasteiger partial charge is 0.455 e. The highest BCUT2D eigenvalue weighted by atomic mass is 16.6. The second-order valence-electron chi connectivity index (χ2n) is 6.34. The Balaban J connectivity index is 2.90. The van der Waals surface area contributed by atoms with Gasteiger partial charge in [-0.1, -0.05) is 27.2 Å². The summed E-state index contributed by atoms with van der Waals surface area (Å²) in [6.07, 6.45) is -0.806. The summed E-state index contributed by atoms with van der Waals surface area (Å²) in [4.78, 5) is 15.0. The molecule has 0 bridgehead atoms. The Morgan fingerprint density at radius 2 is 1.91 bits per heavy atom. The summed E-state index contributed by atoms with van der Waals surface area (Å²) in [6, 6.07) is 3.27. The number of H-pyrrole nitrogens is 1. The van der Waals surface area contributed by atoms with Gasteiger partial charge in [-0.15, -0.1) is 0 Å². The molecule has 0 amide bonds. The van der Waals surface area contributed by atoms with Crippen molar-refractivity contribution in [1.29, 1.82) is 0 Å². The zero-order valence-corrected chi connectivity index (χ0v) is 14.3. The summed E-state index contributed by atoms with van der Waals surface area (Å²) < 4.78 is 5.48. The molecule has 0 spiro atoms. The molecule has 1 aromatic heterocycles. The molecule has 0 aromatic carbocycles.